The van der Waals surface area contributed by atoms with Crippen LogP contribution in [0.25, 0.3) is 28.3 Å². The summed E-state index contributed by atoms with van der Waals surface area (Å²) in [5.74, 6) is 1.48. The highest BCUT2D eigenvalue weighted by Gasteiger charge is 2.29. The number of allylic oxidation sites excluding steroid dienone is 1. The van der Waals surface area contributed by atoms with Gasteiger partial charge in [0.05, 0.1) is 17.1 Å². The maximum absolute atomic E-state index is 9.80. The van der Waals surface area contributed by atoms with Crippen LogP contribution in [-0.2, 0) is 6.42 Å². The van der Waals surface area contributed by atoms with E-state index in [1.165, 1.54) is 0 Å². The zero-order valence-corrected chi connectivity index (χ0v) is 19.5. The molecule has 3 heterocycles. The maximum atomic E-state index is 9.80. The number of hydrogen-bond donors (Lipinski definition) is 1. The summed E-state index contributed by atoms with van der Waals surface area (Å²) in [6, 6.07) is 25.4. The van der Waals surface area contributed by atoms with Gasteiger partial charge in [-0.05, 0) is 42.7 Å². The van der Waals surface area contributed by atoms with Gasteiger partial charge in [0.2, 0.25) is 0 Å². The van der Waals surface area contributed by atoms with Gasteiger partial charge in [-0.25, -0.2) is 9.97 Å². The van der Waals surface area contributed by atoms with Crippen LogP contribution < -0.4 is 0 Å². The molecular weight excluding hydrogens is 420 g/mol. The summed E-state index contributed by atoms with van der Waals surface area (Å²) in [5.41, 5.74) is 5.95. The smallest absolute Gasteiger partial charge is 0.160 e. The number of hydrogen-bond acceptors (Lipinski definition) is 5. The lowest BCUT2D eigenvalue weighted by atomic mass is 9.95. The molecule has 0 spiro atoms. The van der Waals surface area contributed by atoms with Crippen LogP contribution in [0.1, 0.15) is 25.1 Å². The van der Waals surface area contributed by atoms with Crippen molar-refractivity contribution in [2.75, 3.05) is 6.54 Å². The molecule has 2 aliphatic heterocycles. The second kappa shape index (κ2) is 9.48. The fraction of sp³-hybridized carbons (Fsp3) is 0.207. The topological polar surface area (TPSA) is 61.6 Å². The zero-order chi connectivity index (χ0) is 23.5. The van der Waals surface area contributed by atoms with Crippen molar-refractivity contribution in [1.29, 1.82) is 0 Å². The number of benzene rings is 1. The van der Waals surface area contributed by atoms with Crippen molar-refractivity contribution in [3.05, 3.63) is 96.2 Å². The van der Waals surface area contributed by atoms with Crippen molar-refractivity contribution in [2.24, 2.45) is 16.9 Å². The Balaban J connectivity index is 1.80. The standard InChI is InChI=1S/C29H28N4O/c1-20-17-26-28-25(16-21(2)19-33(26)30-18-20)27(22-10-8-6-4-3-5-7-9-11-22)31-29(32-28)23-12-14-24(34)15-13-23/h3-15,17-18,20-21,34H,16,19H2,1-2H3. The first-order chi connectivity index (χ1) is 16.6. The minimum absolute atomic E-state index is 0.222. The molecule has 1 aromatic heterocycles. The van der Waals surface area contributed by atoms with Crippen molar-refractivity contribution < 1.29 is 5.11 Å². The quantitative estimate of drug-likeness (QED) is 0.514. The monoisotopic (exact) mass is 448 g/mol. The predicted molar refractivity (Wildman–Crippen MR) is 137 cm³/mol. The Bertz CT molecular complexity index is 1290. The Morgan fingerprint density at radius 2 is 1.44 bits per heavy atom. The number of rotatable bonds is 2. The van der Waals surface area contributed by atoms with Gasteiger partial charge in [-0.15, -0.1) is 0 Å². The van der Waals surface area contributed by atoms with Crippen molar-refractivity contribution in [3.63, 3.8) is 0 Å². The highest BCUT2D eigenvalue weighted by atomic mass is 16.3. The van der Waals surface area contributed by atoms with E-state index in [0.717, 1.165) is 46.7 Å². The number of aromatic nitrogens is 2. The molecule has 0 aliphatic carbocycles. The van der Waals surface area contributed by atoms with E-state index in [1.54, 1.807) is 12.1 Å². The molecular formula is C29H28N4O. The van der Waals surface area contributed by atoms with Crippen molar-refractivity contribution in [1.82, 2.24) is 15.0 Å². The molecule has 5 nitrogen and oxygen atoms in total. The Kier molecular flexibility index (Phi) is 6.09. The molecule has 2 unspecified atom stereocenters. The highest BCUT2D eigenvalue weighted by molar-refractivity contribution is 5.79. The molecule has 0 fully saturated rings. The average molecular weight is 449 g/mol. The summed E-state index contributed by atoms with van der Waals surface area (Å²) in [6.45, 7) is 5.23. The Morgan fingerprint density at radius 3 is 2.15 bits per heavy atom. The van der Waals surface area contributed by atoms with Gasteiger partial charge in [-0.2, -0.15) is 5.10 Å². The molecule has 1 N–H and O–H groups in total. The van der Waals surface area contributed by atoms with Crippen LogP contribution in [0.2, 0.25) is 0 Å². The van der Waals surface area contributed by atoms with E-state index in [9.17, 15) is 5.11 Å². The fourth-order valence-electron chi connectivity index (χ4n) is 4.40. The number of fused-ring (bicyclic) bond motifs is 3. The van der Waals surface area contributed by atoms with Crippen LogP contribution in [0.4, 0.5) is 0 Å². The van der Waals surface area contributed by atoms with Gasteiger partial charge in [0.1, 0.15) is 5.75 Å². The molecule has 3 aromatic rings. The van der Waals surface area contributed by atoms with Gasteiger partial charge in [0.15, 0.2) is 5.82 Å². The summed E-state index contributed by atoms with van der Waals surface area (Å²) in [4.78, 5) is 10.2. The van der Waals surface area contributed by atoms with Crippen LogP contribution in [0.3, 0.4) is 0 Å². The van der Waals surface area contributed by atoms with Gasteiger partial charge in [0.25, 0.3) is 0 Å². The third-order valence-corrected chi connectivity index (χ3v) is 6.04. The Morgan fingerprint density at radius 1 is 0.794 bits per heavy atom. The van der Waals surface area contributed by atoms with Crippen molar-refractivity contribution in [2.45, 2.75) is 20.3 Å². The first-order valence-electron chi connectivity index (χ1n) is 11.7. The SMILES string of the molecule is CC1C=NN2CC(C)Cc3c(nc(-c4ccc(O)cc4)nc3-c3ccccccccc3)C2=C1. The molecule has 2 atom stereocenters. The van der Waals surface area contributed by atoms with E-state index in [4.69, 9.17) is 15.1 Å². The summed E-state index contributed by atoms with van der Waals surface area (Å²) < 4.78 is 0. The second-order valence-electron chi connectivity index (χ2n) is 8.97. The largest absolute Gasteiger partial charge is 0.508 e. The molecule has 0 amide bonds. The maximum Gasteiger partial charge on any atom is 0.160 e. The van der Waals surface area contributed by atoms with Gasteiger partial charge in [0, 0.05) is 35.4 Å². The molecule has 0 saturated carbocycles. The molecule has 0 radical (unpaired) electrons. The summed E-state index contributed by atoms with van der Waals surface area (Å²) >= 11 is 0. The summed E-state index contributed by atoms with van der Waals surface area (Å²) in [5, 5.41) is 16.6. The third kappa shape index (κ3) is 4.55. The van der Waals surface area contributed by atoms with Crippen LogP contribution in [0, 0.1) is 11.8 Å². The first kappa shape index (κ1) is 21.8. The van der Waals surface area contributed by atoms with E-state index in [1.807, 2.05) is 60.8 Å². The van der Waals surface area contributed by atoms with Crippen LogP contribution in [0.5, 0.6) is 5.75 Å². The van der Waals surface area contributed by atoms with Crippen LogP contribution >= 0.6 is 0 Å². The summed E-state index contributed by atoms with van der Waals surface area (Å²) in [6.07, 6.45) is 5.09. The van der Waals surface area contributed by atoms with E-state index < -0.39 is 0 Å². The molecule has 2 aliphatic rings. The second-order valence-corrected chi connectivity index (χ2v) is 8.97. The van der Waals surface area contributed by atoms with E-state index >= 15 is 0 Å². The molecule has 170 valence electrons. The average Bonchev–Trinajstić information content (AvgIpc) is 2.98. The van der Waals surface area contributed by atoms with Crippen molar-refractivity contribution in [3.8, 4) is 28.4 Å². The normalized spacial score (nSPS) is 18.8. The first-order valence-corrected chi connectivity index (χ1v) is 11.7. The van der Waals surface area contributed by atoms with Gasteiger partial charge < -0.3 is 5.11 Å². The number of phenols is 1. The molecule has 5 rings (SSSR count). The molecule has 5 heteroatoms. The molecule has 0 bridgehead atoms. The predicted octanol–water partition coefficient (Wildman–Crippen LogP) is 6.11. The minimum Gasteiger partial charge on any atom is -0.508 e. The number of hydrazone groups is 1. The molecule has 2 aromatic carbocycles. The van der Waals surface area contributed by atoms with E-state index in [2.05, 4.69) is 37.1 Å². The van der Waals surface area contributed by atoms with Crippen LogP contribution in [0.15, 0.2) is 90.0 Å². The lowest BCUT2D eigenvalue weighted by molar-refractivity contribution is 0.352. The molecule has 34 heavy (non-hydrogen) atoms. The van der Waals surface area contributed by atoms with Gasteiger partial charge in [-0.1, -0.05) is 68.4 Å². The summed E-state index contributed by atoms with van der Waals surface area (Å²) in [7, 11) is 0. The van der Waals surface area contributed by atoms with Gasteiger partial charge >= 0.3 is 0 Å². The third-order valence-electron chi connectivity index (χ3n) is 6.04. The fourth-order valence-corrected chi connectivity index (χ4v) is 4.40. The molecule has 0 saturated heterocycles. The highest BCUT2D eigenvalue weighted by Crippen LogP contribution is 2.37. The van der Waals surface area contributed by atoms with Crippen molar-refractivity contribution >= 4 is 11.9 Å². The van der Waals surface area contributed by atoms with E-state index in [-0.39, 0.29) is 11.7 Å². The van der Waals surface area contributed by atoms with Crippen LogP contribution in [-0.4, -0.2) is 32.8 Å². The Hall–Kier alpha value is -3.99. The lowest BCUT2D eigenvalue weighted by Gasteiger charge is -2.26. The van der Waals surface area contributed by atoms with E-state index in [0.29, 0.717) is 11.7 Å². The Labute approximate surface area is 200 Å². The minimum atomic E-state index is 0.222. The zero-order valence-electron chi connectivity index (χ0n) is 19.5. The van der Waals surface area contributed by atoms with Gasteiger partial charge in [-0.3, -0.25) is 5.01 Å². The number of aromatic hydroxyl groups is 1. The lowest BCUT2D eigenvalue weighted by Crippen LogP contribution is -2.24. The number of nitrogens with zero attached hydrogens (tertiary/aromatic N) is 4. The number of phenolic OH excluding ortho intramolecular Hbond substituents is 1.